The molecule has 32 heavy (non-hydrogen) atoms. The molecule has 0 aromatic heterocycles. The predicted octanol–water partition coefficient (Wildman–Crippen LogP) is 3.30. The van der Waals surface area contributed by atoms with Crippen LogP contribution in [-0.4, -0.2) is 42.9 Å². The van der Waals surface area contributed by atoms with Crippen molar-refractivity contribution >= 4 is 27.7 Å². The number of fused-ring (bicyclic) bond motifs is 5. The number of rotatable bonds is 6. The molecule has 2 saturated carbocycles. The number of ether oxygens (including phenoxy) is 1. The van der Waals surface area contributed by atoms with Gasteiger partial charge in [-0.25, -0.2) is 0 Å². The molecule has 0 amide bonds. The van der Waals surface area contributed by atoms with Crippen LogP contribution in [0.3, 0.4) is 0 Å². The number of carbonyl (C=O) groups is 3. The van der Waals surface area contributed by atoms with E-state index in [4.69, 9.17) is 9.29 Å². The summed E-state index contributed by atoms with van der Waals surface area (Å²) in [5.74, 6) is -0.377. The molecule has 2 fully saturated rings. The summed E-state index contributed by atoms with van der Waals surface area (Å²) in [6.07, 6.45) is 10.9. The molecule has 0 aliphatic heterocycles. The maximum absolute atomic E-state index is 13.0. The van der Waals surface area contributed by atoms with E-state index in [0.29, 0.717) is 24.2 Å². The Kier molecular flexibility index (Phi) is 5.99. The molecule has 0 spiro atoms. The summed E-state index contributed by atoms with van der Waals surface area (Å²) in [7, 11) is -4.24. The second-order valence-electron chi connectivity index (χ2n) is 10.5. The summed E-state index contributed by atoms with van der Waals surface area (Å²) >= 11 is 0. The van der Waals surface area contributed by atoms with E-state index in [1.165, 1.54) is 0 Å². The van der Waals surface area contributed by atoms with Gasteiger partial charge in [0.05, 0.1) is 12.2 Å². The summed E-state index contributed by atoms with van der Waals surface area (Å²) in [5, 5.41) is 0. The van der Waals surface area contributed by atoms with Gasteiger partial charge >= 0.3 is 5.97 Å². The van der Waals surface area contributed by atoms with Crippen LogP contribution in [0.5, 0.6) is 0 Å². The van der Waals surface area contributed by atoms with Crippen molar-refractivity contribution in [3.05, 3.63) is 23.8 Å². The zero-order valence-electron chi connectivity index (χ0n) is 18.7. The molecule has 176 valence electrons. The van der Waals surface area contributed by atoms with E-state index in [0.717, 1.165) is 37.7 Å². The summed E-state index contributed by atoms with van der Waals surface area (Å²) in [6, 6.07) is 0. The van der Waals surface area contributed by atoms with Crippen LogP contribution in [0.1, 0.15) is 58.8 Å². The third-order valence-corrected chi connectivity index (χ3v) is 9.56. The van der Waals surface area contributed by atoms with Crippen LogP contribution in [0.25, 0.3) is 0 Å². The number of hydrogen-bond donors (Lipinski definition) is 1. The van der Waals surface area contributed by atoms with Gasteiger partial charge < -0.3 is 4.74 Å². The Hall–Kier alpha value is -1.80. The lowest BCUT2D eigenvalue weighted by molar-refractivity contribution is -0.150. The first-order valence-corrected chi connectivity index (χ1v) is 13.1. The number of esters is 1. The molecule has 8 heteroatoms. The van der Waals surface area contributed by atoms with Gasteiger partial charge in [0.15, 0.2) is 11.6 Å². The van der Waals surface area contributed by atoms with Crippen LogP contribution < -0.4 is 0 Å². The van der Waals surface area contributed by atoms with E-state index in [9.17, 15) is 22.8 Å². The van der Waals surface area contributed by atoms with Gasteiger partial charge in [-0.3, -0.25) is 18.9 Å². The maximum Gasteiger partial charge on any atom is 0.307 e. The van der Waals surface area contributed by atoms with Crippen LogP contribution in [0.4, 0.5) is 0 Å². The first kappa shape index (κ1) is 23.4. The standard InChI is InChI=1S/C24H32O7S/c1-23-10-7-16(25)13-15(23)3-4-17-18-5-6-20(24(18,2)11-8-19(17)23)21(26)14-31-22(27)9-12-32(28,29)30/h3-4,13,17-20H,5-12,14H2,1-2H3,(H,28,29,30)/t17-,18-,19-,20+,23-,24-/m0/s1. The Labute approximate surface area is 189 Å². The smallest absolute Gasteiger partial charge is 0.307 e. The zero-order valence-corrected chi connectivity index (χ0v) is 19.5. The molecule has 1 N–H and O–H groups in total. The average molecular weight is 465 g/mol. The quantitative estimate of drug-likeness (QED) is 0.474. The number of hydrogen-bond acceptors (Lipinski definition) is 6. The summed E-state index contributed by atoms with van der Waals surface area (Å²) < 4.78 is 35.3. The molecule has 0 radical (unpaired) electrons. The Morgan fingerprint density at radius 3 is 2.62 bits per heavy atom. The van der Waals surface area contributed by atoms with Crippen molar-refractivity contribution in [1.29, 1.82) is 0 Å². The van der Waals surface area contributed by atoms with Crippen molar-refractivity contribution in [1.82, 2.24) is 0 Å². The number of allylic oxidation sites excluding steroid dienone is 4. The molecule has 6 atom stereocenters. The highest BCUT2D eigenvalue weighted by Gasteiger charge is 2.59. The second-order valence-corrected chi connectivity index (χ2v) is 12.0. The van der Waals surface area contributed by atoms with Crippen molar-refractivity contribution < 1.29 is 32.1 Å². The fourth-order valence-corrected chi connectivity index (χ4v) is 7.49. The van der Waals surface area contributed by atoms with Crippen LogP contribution in [-0.2, 0) is 29.2 Å². The highest BCUT2D eigenvalue weighted by atomic mass is 32.2. The largest absolute Gasteiger partial charge is 0.458 e. The van der Waals surface area contributed by atoms with Gasteiger partial charge in [0.25, 0.3) is 10.1 Å². The van der Waals surface area contributed by atoms with Crippen molar-refractivity contribution in [2.45, 2.75) is 58.8 Å². The minimum absolute atomic E-state index is 0.0132. The molecule has 0 bridgehead atoms. The molecule has 7 nitrogen and oxygen atoms in total. The van der Waals surface area contributed by atoms with Gasteiger partial charge in [-0.05, 0) is 72.3 Å². The third kappa shape index (κ3) is 4.12. The van der Waals surface area contributed by atoms with Crippen LogP contribution in [0.2, 0.25) is 0 Å². The van der Waals surface area contributed by atoms with E-state index in [1.807, 2.05) is 6.08 Å². The Morgan fingerprint density at radius 2 is 1.91 bits per heavy atom. The number of Topliss-reactive ketones (excluding diaryl/α,β-unsaturated/α-hetero) is 1. The lowest BCUT2D eigenvalue weighted by atomic mass is 9.48. The molecule has 4 aliphatic carbocycles. The van der Waals surface area contributed by atoms with Crippen molar-refractivity contribution in [2.24, 2.45) is 34.5 Å². The second kappa shape index (κ2) is 8.20. The molecule has 0 heterocycles. The fourth-order valence-electron chi connectivity index (χ4n) is 7.06. The molecule has 0 saturated heterocycles. The lowest BCUT2D eigenvalue weighted by Crippen LogP contribution is -2.49. The predicted molar refractivity (Wildman–Crippen MR) is 117 cm³/mol. The molecule has 0 aromatic carbocycles. The highest BCUT2D eigenvalue weighted by molar-refractivity contribution is 7.85. The average Bonchev–Trinajstić information content (AvgIpc) is 3.08. The Bertz CT molecular complexity index is 994. The van der Waals surface area contributed by atoms with Gasteiger partial charge in [0, 0.05) is 12.3 Å². The molecular weight excluding hydrogens is 432 g/mol. The Balaban J connectivity index is 1.44. The van der Waals surface area contributed by atoms with Crippen LogP contribution in [0, 0.1) is 34.5 Å². The van der Waals surface area contributed by atoms with Crippen molar-refractivity contribution in [3.63, 3.8) is 0 Å². The van der Waals surface area contributed by atoms with Crippen molar-refractivity contribution in [2.75, 3.05) is 12.4 Å². The summed E-state index contributed by atoms with van der Waals surface area (Å²) in [5.41, 5.74) is 1.01. The SMILES string of the molecule is C[C@]12CC[C@H]3[C@@H](C=CC4=CC(=O)CC[C@@]43C)[C@@H]1CC[C@@H]2C(=O)COC(=O)CCS(=O)(=O)O. The molecule has 0 aromatic rings. The minimum atomic E-state index is -4.24. The lowest BCUT2D eigenvalue weighted by Gasteiger charge is -2.55. The highest BCUT2D eigenvalue weighted by Crippen LogP contribution is 2.65. The first-order chi connectivity index (χ1) is 14.9. The normalized spacial score (nSPS) is 38.3. The first-order valence-electron chi connectivity index (χ1n) is 11.5. The van der Waals surface area contributed by atoms with Crippen LogP contribution in [0.15, 0.2) is 23.8 Å². The van der Waals surface area contributed by atoms with Gasteiger partial charge in [0.2, 0.25) is 0 Å². The maximum atomic E-state index is 13.0. The van der Waals surface area contributed by atoms with E-state index >= 15 is 0 Å². The number of ketones is 2. The summed E-state index contributed by atoms with van der Waals surface area (Å²) in [6.45, 7) is 4.13. The van der Waals surface area contributed by atoms with Crippen molar-refractivity contribution in [3.8, 4) is 0 Å². The Morgan fingerprint density at radius 1 is 1.16 bits per heavy atom. The minimum Gasteiger partial charge on any atom is -0.458 e. The topological polar surface area (TPSA) is 115 Å². The third-order valence-electron chi connectivity index (χ3n) is 8.84. The van der Waals surface area contributed by atoms with Gasteiger partial charge in [-0.15, -0.1) is 0 Å². The fraction of sp³-hybridized carbons (Fsp3) is 0.708. The molecule has 4 aliphatic rings. The molecule has 0 unspecified atom stereocenters. The monoisotopic (exact) mass is 464 g/mol. The molecular formula is C24H32O7S. The van der Waals surface area contributed by atoms with Gasteiger partial charge in [0.1, 0.15) is 6.61 Å². The summed E-state index contributed by atoms with van der Waals surface area (Å²) in [4.78, 5) is 36.7. The van der Waals surface area contributed by atoms with Gasteiger partial charge in [-0.1, -0.05) is 26.0 Å². The van der Waals surface area contributed by atoms with Crippen LogP contribution >= 0.6 is 0 Å². The number of carbonyl (C=O) groups excluding carboxylic acids is 3. The van der Waals surface area contributed by atoms with E-state index in [1.54, 1.807) is 0 Å². The van der Waals surface area contributed by atoms with E-state index < -0.39 is 28.3 Å². The van der Waals surface area contributed by atoms with Gasteiger partial charge in [-0.2, -0.15) is 8.42 Å². The van der Waals surface area contributed by atoms with E-state index in [2.05, 4.69) is 26.0 Å². The van der Waals surface area contributed by atoms with E-state index in [-0.39, 0.29) is 34.9 Å². The molecule has 4 rings (SSSR count). The zero-order chi connectivity index (χ0) is 23.3.